The van der Waals surface area contributed by atoms with Crippen LogP contribution in [0.4, 0.5) is 0 Å². The Balaban J connectivity index is 1.33. The summed E-state index contributed by atoms with van der Waals surface area (Å²) in [5, 5.41) is 3.81. The smallest absolute Gasteiger partial charge is 0.0637 e. The maximum Gasteiger partial charge on any atom is 0.0637 e. The third-order valence-electron chi connectivity index (χ3n) is 15.5. The van der Waals surface area contributed by atoms with E-state index in [2.05, 4.69) is 33.0 Å². The Bertz CT molecular complexity index is 956. The largest absolute Gasteiger partial charge is 0.378 e. The summed E-state index contributed by atoms with van der Waals surface area (Å²) in [7, 11) is 0. The first-order valence-electron chi connectivity index (χ1n) is 23.5. The van der Waals surface area contributed by atoms with Crippen LogP contribution < -0.4 is 22.5 Å². The zero-order valence-electron chi connectivity index (χ0n) is 35.6. The fourth-order valence-electron chi connectivity index (χ4n) is 12.4. The highest BCUT2D eigenvalue weighted by atomic mass is 16.5. The molecule has 0 aromatic rings. The van der Waals surface area contributed by atoms with Gasteiger partial charge in [0.1, 0.15) is 0 Å². The molecule has 53 heavy (non-hydrogen) atoms. The molecule has 0 aliphatic heterocycles. The van der Waals surface area contributed by atoms with Gasteiger partial charge in [-0.25, -0.2) is 0 Å². The molecule has 0 amide bonds. The van der Waals surface area contributed by atoms with Crippen LogP contribution in [-0.4, -0.2) is 70.9 Å². The molecule has 0 heterocycles. The van der Waals surface area contributed by atoms with Crippen molar-refractivity contribution in [3.63, 3.8) is 0 Å². The summed E-state index contributed by atoms with van der Waals surface area (Å²) in [6.45, 7) is 17.0. The van der Waals surface area contributed by atoms with Crippen molar-refractivity contribution in [3.05, 3.63) is 0 Å². The molecule has 4 saturated carbocycles. The van der Waals surface area contributed by atoms with Gasteiger partial charge in [0.2, 0.25) is 0 Å². The summed E-state index contributed by atoms with van der Waals surface area (Å²) < 4.78 is 20.4. The summed E-state index contributed by atoms with van der Waals surface area (Å²) in [5.74, 6) is 3.91. The van der Waals surface area contributed by atoms with Crippen LogP contribution in [0.25, 0.3) is 0 Å². The van der Waals surface area contributed by atoms with Gasteiger partial charge >= 0.3 is 0 Å². The van der Waals surface area contributed by atoms with Crippen LogP contribution in [0, 0.1) is 46.3 Å². The zero-order chi connectivity index (χ0) is 37.9. The van der Waals surface area contributed by atoms with Gasteiger partial charge in [-0.15, -0.1) is 0 Å². The summed E-state index contributed by atoms with van der Waals surface area (Å²) in [5.41, 5.74) is 18.3. The summed E-state index contributed by atoms with van der Waals surface area (Å²) in [6.07, 6.45) is 30.5. The Kier molecular flexibility index (Phi) is 21.0. The Morgan fingerprint density at radius 1 is 0.642 bits per heavy atom. The second-order valence-electron chi connectivity index (χ2n) is 18.9. The number of hydrogen-bond donors (Lipinski definition) is 4. The van der Waals surface area contributed by atoms with Gasteiger partial charge in [-0.2, -0.15) is 0 Å². The quantitative estimate of drug-likeness (QED) is 0.0564. The fraction of sp³-hybridized carbons (Fsp3) is 1.00. The van der Waals surface area contributed by atoms with E-state index in [1.165, 1.54) is 129 Å². The molecule has 312 valence electrons. The number of rotatable bonds is 29. The van der Waals surface area contributed by atoms with Crippen molar-refractivity contribution < 1.29 is 14.2 Å². The lowest BCUT2D eigenvalue weighted by atomic mass is 9.43. The van der Waals surface area contributed by atoms with E-state index in [-0.39, 0.29) is 5.41 Å². The molecule has 0 bridgehead atoms. The molecule has 0 radical (unpaired) electrons. The number of ether oxygens (including phenoxy) is 3. The summed E-state index contributed by atoms with van der Waals surface area (Å²) >= 11 is 0. The van der Waals surface area contributed by atoms with E-state index in [0.717, 1.165) is 52.0 Å². The molecule has 3 unspecified atom stereocenters. The Morgan fingerprint density at radius 2 is 1.25 bits per heavy atom. The first-order valence-corrected chi connectivity index (χ1v) is 23.5. The molecule has 0 saturated heterocycles. The number of unbranched alkanes of at least 4 members (excludes halogenated alkanes) is 10. The fourth-order valence-corrected chi connectivity index (χ4v) is 12.4. The SMILES string of the molecule is CCCCCCCCCCCCCNCCC[C@@H](C)[C@H]1CC[C@H]2C3[C@H](OCCCN)CC4C[C@H](OCCCN)CC[C@]4(C)[C@H]3C[C@H](OCCCN)C12C. The van der Waals surface area contributed by atoms with E-state index < -0.39 is 0 Å². The topological polar surface area (TPSA) is 118 Å². The second-order valence-corrected chi connectivity index (χ2v) is 18.9. The van der Waals surface area contributed by atoms with Crippen molar-refractivity contribution in [1.82, 2.24) is 5.32 Å². The number of hydrogen-bond acceptors (Lipinski definition) is 7. The predicted octanol–water partition coefficient (Wildman–Crippen LogP) is 9.38. The molecule has 7 heteroatoms. The normalized spacial score (nSPS) is 34.5. The Morgan fingerprint density at radius 3 is 1.91 bits per heavy atom. The van der Waals surface area contributed by atoms with Crippen LogP contribution in [0.2, 0.25) is 0 Å². The van der Waals surface area contributed by atoms with Crippen LogP contribution in [0.3, 0.4) is 0 Å². The molecule has 4 fully saturated rings. The third kappa shape index (κ3) is 12.6. The van der Waals surface area contributed by atoms with Crippen LogP contribution in [0.5, 0.6) is 0 Å². The molecule has 0 aromatic carbocycles. The Labute approximate surface area is 328 Å². The van der Waals surface area contributed by atoms with Crippen molar-refractivity contribution in [2.45, 2.75) is 194 Å². The van der Waals surface area contributed by atoms with Gasteiger partial charge in [-0.1, -0.05) is 91.9 Å². The molecule has 11 atom stereocenters. The molecule has 0 spiro atoms. The lowest BCUT2D eigenvalue weighted by Gasteiger charge is -2.65. The van der Waals surface area contributed by atoms with Gasteiger partial charge in [-0.3, -0.25) is 0 Å². The van der Waals surface area contributed by atoms with Gasteiger partial charge in [-0.05, 0) is 157 Å². The molecule has 4 rings (SSSR count). The van der Waals surface area contributed by atoms with Crippen molar-refractivity contribution in [1.29, 1.82) is 0 Å². The van der Waals surface area contributed by atoms with Crippen LogP contribution in [-0.2, 0) is 14.2 Å². The number of fused-ring (bicyclic) bond motifs is 5. The predicted molar refractivity (Wildman–Crippen MR) is 224 cm³/mol. The molecule has 4 aliphatic rings. The van der Waals surface area contributed by atoms with Gasteiger partial charge < -0.3 is 36.7 Å². The number of nitrogens with one attached hydrogen (secondary N) is 1. The van der Waals surface area contributed by atoms with Crippen LogP contribution >= 0.6 is 0 Å². The minimum Gasteiger partial charge on any atom is -0.378 e. The second kappa shape index (κ2) is 24.5. The average molecular weight is 747 g/mol. The lowest BCUT2D eigenvalue weighted by Crippen LogP contribution is -2.63. The average Bonchev–Trinajstić information content (AvgIpc) is 3.52. The molecular formula is C46H90N4O3. The van der Waals surface area contributed by atoms with Gasteiger partial charge in [0.05, 0.1) is 18.3 Å². The monoisotopic (exact) mass is 747 g/mol. The van der Waals surface area contributed by atoms with E-state index in [1.54, 1.807) is 0 Å². The summed E-state index contributed by atoms with van der Waals surface area (Å²) in [4.78, 5) is 0. The summed E-state index contributed by atoms with van der Waals surface area (Å²) in [6, 6.07) is 0. The minimum absolute atomic E-state index is 0.180. The molecule has 7 N–H and O–H groups in total. The Hall–Kier alpha value is -0.280. The van der Waals surface area contributed by atoms with E-state index in [0.29, 0.717) is 78.9 Å². The van der Waals surface area contributed by atoms with Crippen molar-refractivity contribution in [3.8, 4) is 0 Å². The maximum absolute atomic E-state index is 7.06. The molecular weight excluding hydrogens is 657 g/mol. The van der Waals surface area contributed by atoms with Crippen molar-refractivity contribution in [2.75, 3.05) is 52.5 Å². The molecule has 4 aliphatic carbocycles. The number of nitrogens with two attached hydrogens (primary N) is 3. The minimum atomic E-state index is 0.180. The van der Waals surface area contributed by atoms with Gasteiger partial charge in [0, 0.05) is 25.2 Å². The molecule has 7 nitrogen and oxygen atoms in total. The molecule has 0 aromatic heterocycles. The van der Waals surface area contributed by atoms with E-state index in [4.69, 9.17) is 31.4 Å². The van der Waals surface area contributed by atoms with Crippen molar-refractivity contribution >= 4 is 0 Å². The maximum atomic E-state index is 7.06. The first-order chi connectivity index (χ1) is 25.8. The highest BCUT2D eigenvalue weighted by Crippen LogP contribution is 2.69. The lowest BCUT2D eigenvalue weighted by molar-refractivity contribution is -0.227. The standard InChI is InChI=1S/C46H90N4O3/c1-5-6-7-8-9-10-11-12-13-14-15-28-50-29-16-20-36(2)39-21-22-40-44-41(35-43(46(39,40)4)53-32-19-27-49)45(3)24-23-38(51-30-17-25-47)33-37(45)34-42(44)52-31-18-26-48/h36-44,50H,5-35,47-49H2,1-4H3/t36-,37?,38-,39-,40+,41+,42-,43+,44?,45+,46?/m1/s1. The highest BCUT2D eigenvalue weighted by Gasteiger charge is 2.66. The third-order valence-corrected chi connectivity index (χ3v) is 15.5. The first kappa shape index (κ1) is 45.4. The van der Waals surface area contributed by atoms with E-state index >= 15 is 0 Å². The van der Waals surface area contributed by atoms with E-state index in [1.807, 2.05) is 0 Å². The van der Waals surface area contributed by atoms with Gasteiger partial charge in [0.15, 0.2) is 0 Å². The van der Waals surface area contributed by atoms with Crippen LogP contribution in [0.1, 0.15) is 175 Å². The van der Waals surface area contributed by atoms with Gasteiger partial charge in [0.25, 0.3) is 0 Å². The van der Waals surface area contributed by atoms with Crippen molar-refractivity contribution in [2.24, 2.45) is 63.5 Å². The highest BCUT2D eigenvalue weighted by molar-refractivity contribution is 5.15. The zero-order valence-corrected chi connectivity index (χ0v) is 35.6. The van der Waals surface area contributed by atoms with E-state index in [9.17, 15) is 0 Å². The van der Waals surface area contributed by atoms with Crippen LogP contribution in [0.15, 0.2) is 0 Å².